The van der Waals surface area contributed by atoms with Crippen molar-refractivity contribution in [2.24, 2.45) is 0 Å². The maximum Gasteiger partial charge on any atom is 0.414 e. The second-order valence-corrected chi connectivity index (χ2v) is 9.14. The molecule has 0 bridgehead atoms. The van der Waals surface area contributed by atoms with E-state index in [1.165, 1.54) is 30.9 Å². The van der Waals surface area contributed by atoms with E-state index in [2.05, 4.69) is 15.4 Å². The molecule has 2 heterocycles. The summed E-state index contributed by atoms with van der Waals surface area (Å²) in [5.74, 6) is -0.394. The molecule has 1 aliphatic rings. The number of ether oxygens (including phenoxy) is 1. The number of phenolic OH excluding ortho intramolecular Hbond substituents is 2. The summed E-state index contributed by atoms with van der Waals surface area (Å²) in [7, 11) is 0. The van der Waals surface area contributed by atoms with Crippen molar-refractivity contribution >= 4 is 17.7 Å². The van der Waals surface area contributed by atoms with Crippen LogP contribution in [0.25, 0.3) is 22.5 Å². The van der Waals surface area contributed by atoms with Gasteiger partial charge in [-0.2, -0.15) is 0 Å². The molecule has 1 fully saturated rings. The zero-order chi connectivity index (χ0) is 24.2. The topological polar surface area (TPSA) is 108 Å². The number of amides is 1. The molecule has 3 N–H and O–H groups in total. The molecule has 0 radical (unpaired) electrons. The van der Waals surface area contributed by atoms with Gasteiger partial charge in [0.25, 0.3) is 5.88 Å². The van der Waals surface area contributed by atoms with E-state index in [9.17, 15) is 15.0 Å². The Labute approximate surface area is 203 Å². The van der Waals surface area contributed by atoms with E-state index in [0.29, 0.717) is 11.1 Å². The van der Waals surface area contributed by atoms with Gasteiger partial charge in [0.1, 0.15) is 11.5 Å². The number of hydrogen-bond acceptors (Lipinski definition) is 7. The van der Waals surface area contributed by atoms with Crippen LogP contribution < -0.4 is 10.1 Å². The van der Waals surface area contributed by atoms with Gasteiger partial charge in [0.05, 0.1) is 16.1 Å². The monoisotopic (exact) mass is 485 g/mol. The van der Waals surface area contributed by atoms with Crippen LogP contribution in [0.5, 0.6) is 17.4 Å². The molecule has 4 rings (SSSR count). The van der Waals surface area contributed by atoms with Crippen LogP contribution in [0.1, 0.15) is 38.7 Å². The Balaban J connectivity index is 1.70. The Morgan fingerprint density at radius 1 is 1.15 bits per heavy atom. The minimum atomic E-state index is -0.675. The summed E-state index contributed by atoms with van der Waals surface area (Å²) in [5.41, 5.74) is 2.45. The molecule has 1 aromatic heterocycles. The molecule has 8 nitrogen and oxygen atoms in total. The third-order valence-corrected chi connectivity index (χ3v) is 5.97. The molecule has 3 aromatic rings. The quantitative estimate of drug-likeness (QED) is 0.419. The van der Waals surface area contributed by atoms with Crippen LogP contribution in [0.3, 0.4) is 0 Å². The lowest BCUT2D eigenvalue weighted by Gasteiger charge is -2.26. The van der Waals surface area contributed by atoms with Gasteiger partial charge >= 0.3 is 6.09 Å². The standard InChI is InChI=1S/C25H28ClN3O5/c1-15(2)27-25(32)33-24-22(23(34-28-24)18-12-19(26)21(31)13-20(18)30)17-8-6-16(7-9-17)14-29-10-4-3-5-11-29/h6-9,12-13,15,30-31H,3-5,10-11,14H2,1-2H3,(H,27,32). The highest BCUT2D eigenvalue weighted by Gasteiger charge is 2.26. The first-order valence-electron chi connectivity index (χ1n) is 11.3. The SMILES string of the molecule is CC(C)NC(=O)Oc1noc(-c2cc(Cl)c(O)cc2O)c1-c1ccc(CN2CCCCC2)cc1. The molecule has 180 valence electrons. The third-order valence-electron chi connectivity index (χ3n) is 5.66. The number of piperidine rings is 1. The minimum Gasteiger partial charge on any atom is -0.507 e. The van der Waals surface area contributed by atoms with Crippen LogP contribution in [-0.4, -0.2) is 45.5 Å². The van der Waals surface area contributed by atoms with Gasteiger partial charge in [0.2, 0.25) is 0 Å². The van der Waals surface area contributed by atoms with Gasteiger partial charge in [-0.05, 0) is 62.1 Å². The smallest absolute Gasteiger partial charge is 0.414 e. The van der Waals surface area contributed by atoms with Gasteiger partial charge in [-0.25, -0.2) is 4.79 Å². The Bertz CT molecular complexity index is 1150. The van der Waals surface area contributed by atoms with Crippen molar-refractivity contribution in [3.8, 4) is 39.8 Å². The molecule has 34 heavy (non-hydrogen) atoms. The van der Waals surface area contributed by atoms with E-state index < -0.39 is 6.09 Å². The highest BCUT2D eigenvalue weighted by Crippen LogP contribution is 2.45. The van der Waals surface area contributed by atoms with Crippen LogP contribution in [-0.2, 0) is 6.54 Å². The zero-order valence-corrected chi connectivity index (χ0v) is 19.9. The first-order valence-corrected chi connectivity index (χ1v) is 11.7. The number of nitrogens with zero attached hydrogens (tertiary/aromatic N) is 2. The first kappa shape index (κ1) is 23.9. The lowest BCUT2D eigenvalue weighted by Crippen LogP contribution is -2.32. The summed E-state index contributed by atoms with van der Waals surface area (Å²) in [5, 5.41) is 26.9. The van der Waals surface area contributed by atoms with Crippen molar-refractivity contribution in [2.75, 3.05) is 13.1 Å². The molecular formula is C25H28ClN3O5. The van der Waals surface area contributed by atoms with Gasteiger partial charge in [-0.1, -0.05) is 42.3 Å². The number of benzene rings is 2. The summed E-state index contributed by atoms with van der Waals surface area (Å²) in [4.78, 5) is 14.7. The molecule has 9 heteroatoms. The number of phenols is 2. The Morgan fingerprint density at radius 2 is 1.85 bits per heavy atom. The summed E-state index contributed by atoms with van der Waals surface area (Å²) < 4.78 is 10.9. The fourth-order valence-electron chi connectivity index (χ4n) is 4.02. The minimum absolute atomic E-state index is 0.0343. The lowest BCUT2D eigenvalue weighted by atomic mass is 9.99. The molecule has 0 spiro atoms. The fourth-order valence-corrected chi connectivity index (χ4v) is 4.19. The summed E-state index contributed by atoms with van der Waals surface area (Å²) in [6.07, 6.45) is 3.05. The van der Waals surface area contributed by atoms with Crippen LogP contribution >= 0.6 is 11.6 Å². The number of aromatic hydroxyl groups is 2. The molecule has 0 unspecified atom stereocenters. The summed E-state index contributed by atoms with van der Waals surface area (Å²) in [6.45, 7) is 6.69. The van der Waals surface area contributed by atoms with Gasteiger partial charge in [-0.3, -0.25) is 4.90 Å². The van der Waals surface area contributed by atoms with Crippen molar-refractivity contribution in [1.82, 2.24) is 15.4 Å². The van der Waals surface area contributed by atoms with Gasteiger partial charge in [-0.15, -0.1) is 0 Å². The van der Waals surface area contributed by atoms with Crippen molar-refractivity contribution in [2.45, 2.75) is 45.7 Å². The second-order valence-electron chi connectivity index (χ2n) is 8.73. The third kappa shape index (κ3) is 5.46. The molecule has 1 aliphatic heterocycles. The normalized spacial score (nSPS) is 14.4. The lowest BCUT2D eigenvalue weighted by molar-refractivity contribution is 0.193. The number of aromatic nitrogens is 1. The van der Waals surface area contributed by atoms with Crippen LogP contribution in [0.15, 0.2) is 40.9 Å². The number of nitrogens with one attached hydrogen (secondary N) is 1. The van der Waals surface area contributed by atoms with Crippen molar-refractivity contribution in [1.29, 1.82) is 0 Å². The van der Waals surface area contributed by atoms with E-state index in [1.807, 2.05) is 38.1 Å². The van der Waals surface area contributed by atoms with E-state index in [4.69, 9.17) is 20.9 Å². The van der Waals surface area contributed by atoms with Gasteiger partial charge < -0.3 is 24.8 Å². The highest BCUT2D eigenvalue weighted by molar-refractivity contribution is 6.32. The number of carbonyl (C=O) groups is 1. The second kappa shape index (κ2) is 10.4. The number of carbonyl (C=O) groups excluding carboxylic acids is 1. The summed E-state index contributed by atoms with van der Waals surface area (Å²) in [6, 6.07) is 10.2. The Hall–Kier alpha value is -3.23. The number of halogens is 1. The predicted octanol–water partition coefficient (Wildman–Crippen LogP) is 5.56. The van der Waals surface area contributed by atoms with Crippen LogP contribution in [0.4, 0.5) is 4.79 Å². The van der Waals surface area contributed by atoms with Crippen molar-refractivity contribution in [3.63, 3.8) is 0 Å². The fraction of sp³-hybridized carbons (Fsp3) is 0.360. The first-order chi connectivity index (χ1) is 16.3. The molecule has 1 saturated heterocycles. The molecule has 2 aromatic carbocycles. The van der Waals surface area contributed by atoms with Crippen molar-refractivity contribution < 1.29 is 24.3 Å². The number of likely N-dealkylation sites (tertiary alicyclic amines) is 1. The molecule has 0 atom stereocenters. The van der Waals surface area contributed by atoms with Gasteiger partial charge in [0, 0.05) is 18.7 Å². The number of rotatable bonds is 6. The molecule has 0 aliphatic carbocycles. The molecule has 0 saturated carbocycles. The molecular weight excluding hydrogens is 458 g/mol. The molecule has 1 amide bonds. The number of hydrogen-bond donors (Lipinski definition) is 3. The highest BCUT2D eigenvalue weighted by atomic mass is 35.5. The average molecular weight is 486 g/mol. The zero-order valence-electron chi connectivity index (χ0n) is 19.2. The van der Waals surface area contributed by atoms with Gasteiger partial charge in [0.15, 0.2) is 5.76 Å². The largest absolute Gasteiger partial charge is 0.507 e. The van der Waals surface area contributed by atoms with E-state index in [-0.39, 0.29) is 39.8 Å². The predicted molar refractivity (Wildman–Crippen MR) is 129 cm³/mol. The average Bonchev–Trinajstić information content (AvgIpc) is 3.20. The van der Waals surface area contributed by atoms with E-state index in [0.717, 1.165) is 25.7 Å². The maximum absolute atomic E-state index is 12.3. The maximum atomic E-state index is 12.3. The van der Waals surface area contributed by atoms with Crippen LogP contribution in [0.2, 0.25) is 5.02 Å². The Kier molecular flexibility index (Phi) is 7.29. The van der Waals surface area contributed by atoms with Crippen LogP contribution in [0, 0.1) is 0 Å². The van der Waals surface area contributed by atoms with Crippen molar-refractivity contribution in [3.05, 3.63) is 47.0 Å². The van der Waals surface area contributed by atoms with E-state index in [1.54, 1.807) is 0 Å². The summed E-state index contributed by atoms with van der Waals surface area (Å²) >= 11 is 6.07. The van der Waals surface area contributed by atoms with E-state index >= 15 is 0 Å². The Morgan fingerprint density at radius 3 is 2.53 bits per heavy atom.